The number of nitrogens with zero attached hydrogens (tertiary/aromatic N) is 1. The van der Waals surface area contributed by atoms with E-state index in [0.29, 0.717) is 0 Å². The van der Waals surface area contributed by atoms with Crippen LogP contribution in [0.4, 0.5) is 0 Å². The molecule has 5 nitrogen and oxygen atoms in total. The molecule has 12 heavy (non-hydrogen) atoms. The molecule has 0 radical (unpaired) electrons. The molecule has 1 atom stereocenters. The zero-order valence-electron chi connectivity index (χ0n) is 6.38. The fourth-order valence-electron chi connectivity index (χ4n) is 0.883. The van der Waals surface area contributed by atoms with E-state index in [-0.39, 0.29) is 5.69 Å². The van der Waals surface area contributed by atoms with E-state index in [4.69, 9.17) is 9.66 Å². The average molecular weight is 191 g/mol. The zero-order valence-corrected chi connectivity index (χ0v) is 7.19. The molecule has 0 aliphatic heterocycles. The van der Waals surface area contributed by atoms with Crippen LogP contribution in [-0.2, 0) is 17.2 Å². The van der Waals surface area contributed by atoms with Crippen LogP contribution in [-0.4, -0.2) is 22.6 Å². The van der Waals surface area contributed by atoms with Crippen molar-refractivity contribution in [1.82, 2.24) is 4.57 Å². The van der Waals surface area contributed by atoms with Crippen LogP contribution in [0, 0.1) is 0 Å². The van der Waals surface area contributed by atoms with Gasteiger partial charge in [0.2, 0.25) is 5.44 Å². The van der Waals surface area contributed by atoms with Crippen molar-refractivity contribution in [3.8, 4) is 0 Å². The second-order valence-electron chi connectivity index (χ2n) is 2.41. The minimum Gasteiger partial charge on any atom is -0.370 e. The van der Waals surface area contributed by atoms with E-state index in [1.54, 1.807) is 19.3 Å². The van der Waals surface area contributed by atoms with Crippen molar-refractivity contribution in [1.29, 1.82) is 0 Å². The molecule has 68 valence electrons. The van der Waals surface area contributed by atoms with Gasteiger partial charge in [0.05, 0.1) is 5.69 Å². The molecule has 0 aromatic carbocycles. The molecule has 0 spiro atoms. The average Bonchev–Trinajstić information content (AvgIpc) is 2.31. The lowest BCUT2D eigenvalue weighted by Crippen LogP contribution is -2.14. The number of aliphatic hydroxyl groups is 1. The van der Waals surface area contributed by atoms with Crippen LogP contribution in [0.2, 0.25) is 0 Å². The highest BCUT2D eigenvalue weighted by atomic mass is 32.2. The molecule has 1 heterocycles. The molecule has 1 aromatic rings. The predicted octanol–water partition coefficient (Wildman–Crippen LogP) is -0.0962. The van der Waals surface area contributed by atoms with Crippen LogP contribution < -0.4 is 0 Å². The van der Waals surface area contributed by atoms with Gasteiger partial charge in [-0.05, 0) is 12.1 Å². The summed E-state index contributed by atoms with van der Waals surface area (Å²) in [5.74, 6) is 0. The lowest BCUT2D eigenvalue weighted by molar-refractivity contribution is 0.230. The molecular formula is C6H9NO4S. The SMILES string of the molecule is Cn1cccc1C(O)S(=O)(=O)O. The molecule has 0 saturated carbocycles. The fourth-order valence-corrected chi connectivity index (χ4v) is 1.43. The molecule has 0 bridgehead atoms. The van der Waals surface area contributed by atoms with Crippen LogP contribution in [0.1, 0.15) is 11.1 Å². The Hall–Kier alpha value is -0.850. The maximum atomic E-state index is 10.5. The van der Waals surface area contributed by atoms with Crippen LogP contribution in [0.3, 0.4) is 0 Å². The van der Waals surface area contributed by atoms with Crippen molar-refractivity contribution in [3.63, 3.8) is 0 Å². The topological polar surface area (TPSA) is 79.5 Å². The highest BCUT2D eigenvalue weighted by Gasteiger charge is 2.23. The number of hydrogen-bond acceptors (Lipinski definition) is 3. The maximum Gasteiger partial charge on any atom is 0.298 e. The summed E-state index contributed by atoms with van der Waals surface area (Å²) in [6, 6.07) is 2.99. The Morgan fingerprint density at radius 3 is 2.50 bits per heavy atom. The minimum absolute atomic E-state index is 0.137. The van der Waals surface area contributed by atoms with E-state index >= 15 is 0 Å². The Morgan fingerprint density at radius 1 is 1.58 bits per heavy atom. The number of aryl methyl sites for hydroxylation is 1. The van der Waals surface area contributed by atoms with Gasteiger partial charge >= 0.3 is 0 Å². The monoisotopic (exact) mass is 191 g/mol. The van der Waals surface area contributed by atoms with E-state index in [0.717, 1.165) is 0 Å². The van der Waals surface area contributed by atoms with Gasteiger partial charge in [-0.3, -0.25) is 4.55 Å². The highest BCUT2D eigenvalue weighted by molar-refractivity contribution is 7.85. The number of hydrogen-bond donors (Lipinski definition) is 2. The van der Waals surface area contributed by atoms with Crippen molar-refractivity contribution in [3.05, 3.63) is 24.0 Å². The molecule has 1 rings (SSSR count). The van der Waals surface area contributed by atoms with Gasteiger partial charge < -0.3 is 9.67 Å². The molecule has 1 unspecified atom stereocenters. The first kappa shape index (κ1) is 9.24. The molecule has 0 aliphatic carbocycles. The third-order valence-electron chi connectivity index (χ3n) is 1.52. The second kappa shape index (κ2) is 2.89. The van der Waals surface area contributed by atoms with Crippen molar-refractivity contribution < 1.29 is 18.1 Å². The van der Waals surface area contributed by atoms with Crippen molar-refractivity contribution in [2.24, 2.45) is 7.05 Å². The lowest BCUT2D eigenvalue weighted by Gasteiger charge is -2.07. The Balaban J connectivity index is 3.09. The minimum atomic E-state index is -4.41. The van der Waals surface area contributed by atoms with Crippen LogP contribution in [0.25, 0.3) is 0 Å². The van der Waals surface area contributed by atoms with Gasteiger partial charge in [-0.15, -0.1) is 0 Å². The lowest BCUT2D eigenvalue weighted by atomic mass is 10.4. The van der Waals surface area contributed by atoms with Crippen LogP contribution >= 0.6 is 0 Å². The van der Waals surface area contributed by atoms with E-state index in [9.17, 15) is 8.42 Å². The predicted molar refractivity (Wildman–Crippen MR) is 41.9 cm³/mol. The van der Waals surface area contributed by atoms with Gasteiger partial charge in [0, 0.05) is 13.2 Å². The smallest absolute Gasteiger partial charge is 0.298 e. The molecule has 0 saturated heterocycles. The van der Waals surface area contributed by atoms with E-state index in [2.05, 4.69) is 0 Å². The Bertz CT molecular complexity index is 367. The summed E-state index contributed by atoms with van der Waals surface area (Å²) in [6.07, 6.45) is 1.57. The first-order valence-electron chi connectivity index (χ1n) is 3.18. The Labute approximate surface area is 70.0 Å². The van der Waals surface area contributed by atoms with Crippen molar-refractivity contribution >= 4 is 10.1 Å². The Morgan fingerprint density at radius 2 is 2.17 bits per heavy atom. The molecule has 2 N–H and O–H groups in total. The zero-order chi connectivity index (χ0) is 9.35. The second-order valence-corrected chi connectivity index (χ2v) is 3.89. The summed E-state index contributed by atoms with van der Waals surface area (Å²) in [4.78, 5) is 0. The van der Waals surface area contributed by atoms with Crippen LogP contribution in [0.15, 0.2) is 18.3 Å². The first-order chi connectivity index (χ1) is 5.43. The van der Waals surface area contributed by atoms with Gasteiger partial charge in [-0.2, -0.15) is 8.42 Å². The molecule has 6 heteroatoms. The number of aliphatic hydroxyl groups excluding tert-OH is 1. The summed E-state index contributed by atoms with van der Waals surface area (Å²) in [7, 11) is -2.84. The third-order valence-corrected chi connectivity index (χ3v) is 2.32. The Kier molecular flexibility index (Phi) is 2.22. The molecular weight excluding hydrogens is 182 g/mol. The van der Waals surface area contributed by atoms with E-state index < -0.39 is 15.6 Å². The molecule has 0 amide bonds. The van der Waals surface area contributed by atoms with E-state index in [1.807, 2.05) is 0 Å². The highest BCUT2D eigenvalue weighted by Crippen LogP contribution is 2.17. The summed E-state index contributed by atoms with van der Waals surface area (Å²) in [5, 5.41) is 9.07. The van der Waals surface area contributed by atoms with Gasteiger partial charge in [0.25, 0.3) is 10.1 Å². The van der Waals surface area contributed by atoms with Crippen LogP contribution in [0.5, 0.6) is 0 Å². The quantitative estimate of drug-likeness (QED) is 0.640. The maximum absolute atomic E-state index is 10.5. The summed E-state index contributed by atoms with van der Waals surface area (Å²) in [5.41, 5.74) is -1.73. The fraction of sp³-hybridized carbons (Fsp3) is 0.333. The standard InChI is InChI=1S/C6H9NO4S/c1-7-4-2-3-5(7)6(8)12(9,10)11/h2-4,6,8H,1H3,(H,9,10,11). The normalized spacial score (nSPS) is 14.6. The largest absolute Gasteiger partial charge is 0.370 e. The van der Waals surface area contributed by atoms with Gasteiger partial charge in [0.1, 0.15) is 0 Å². The van der Waals surface area contributed by atoms with Crippen molar-refractivity contribution in [2.75, 3.05) is 0 Å². The van der Waals surface area contributed by atoms with E-state index in [1.165, 1.54) is 10.6 Å². The van der Waals surface area contributed by atoms with Gasteiger partial charge in [-0.1, -0.05) is 0 Å². The summed E-state index contributed by atoms with van der Waals surface area (Å²) < 4.78 is 30.9. The molecule has 1 aromatic heterocycles. The van der Waals surface area contributed by atoms with Crippen molar-refractivity contribution in [2.45, 2.75) is 5.44 Å². The number of rotatable bonds is 2. The molecule has 0 fully saturated rings. The van der Waals surface area contributed by atoms with Gasteiger partial charge in [0.15, 0.2) is 0 Å². The molecule has 0 aliphatic rings. The summed E-state index contributed by atoms with van der Waals surface area (Å²) >= 11 is 0. The number of aromatic nitrogens is 1. The summed E-state index contributed by atoms with van der Waals surface area (Å²) in [6.45, 7) is 0. The third kappa shape index (κ3) is 1.66. The first-order valence-corrected chi connectivity index (χ1v) is 4.69. The van der Waals surface area contributed by atoms with Gasteiger partial charge in [-0.25, -0.2) is 0 Å².